The molecule has 116 valence electrons. The van der Waals surface area contributed by atoms with Crippen LogP contribution in [0.4, 0.5) is 0 Å². The number of methoxy groups -OCH3 is 1. The highest BCUT2D eigenvalue weighted by Gasteiger charge is 2.20. The van der Waals surface area contributed by atoms with E-state index in [4.69, 9.17) is 4.74 Å². The molecule has 0 saturated heterocycles. The Labute approximate surface area is 125 Å². The molecule has 20 heavy (non-hydrogen) atoms. The molecule has 0 bridgehead atoms. The van der Waals surface area contributed by atoms with E-state index in [9.17, 15) is 0 Å². The van der Waals surface area contributed by atoms with Gasteiger partial charge in [-0.15, -0.1) is 0 Å². The summed E-state index contributed by atoms with van der Waals surface area (Å²) in [5, 5.41) is 6.70. The van der Waals surface area contributed by atoms with Crippen LogP contribution < -0.4 is 10.6 Å². The first kappa shape index (κ1) is 18.8. The Bertz CT molecular complexity index is 334. The number of hydrogen-bond acceptors (Lipinski definition) is 3. The topological polar surface area (TPSA) is 33.3 Å². The summed E-state index contributed by atoms with van der Waals surface area (Å²) < 4.78 is 5.30. The molecule has 0 rings (SSSR count). The second-order valence-corrected chi connectivity index (χ2v) is 5.59. The highest BCUT2D eigenvalue weighted by Crippen LogP contribution is 2.17. The van der Waals surface area contributed by atoms with Gasteiger partial charge in [-0.1, -0.05) is 40.0 Å². The minimum Gasteiger partial charge on any atom is -0.386 e. The lowest BCUT2D eigenvalue weighted by Crippen LogP contribution is -2.40. The summed E-state index contributed by atoms with van der Waals surface area (Å²) in [6, 6.07) is 0.325. The average molecular weight is 280 g/mol. The average Bonchev–Trinajstić information content (AvgIpc) is 2.40. The van der Waals surface area contributed by atoms with Crippen molar-refractivity contribution in [3.8, 4) is 0 Å². The predicted octanol–water partition coefficient (Wildman–Crippen LogP) is 3.46. The van der Waals surface area contributed by atoms with E-state index in [0.717, 1.165) is 17.9 Å². The molecule has 0 spiro atoms. The van der Waals surface area contributed by atoms with Gasteiger partial charge in [0.1, 0.15) is 0 Å². The van der Waals surface area contributed by atoms with Crippen molar-refractivity contribution < 1.29 is 4.74 Å². The van der Waals surface area contributed by atoms with Gasteiger partial charge < -0.3 is 15.4 Å². The molecule has 0 aromatic heterocycles. The Morgan fingerprint density at radius 2 is 1.80 bits per heavy atom. The highest BCUT2D eigenvalue weighted by atomic mass is 16.5. The molecule has 0 fully saturated rings. The first-order chi connectivity index (χ1) is 9.33. The standard InChI is InChI=1S/C17H32N2O/c1-9-18-14(5)11-10-13(4)17(12(2)3)19-15(6)16(7)20-8/h10-13,16-19H,5-6,9H2,1-4,7-8H3/b11-10-/t13?,16-,17+/m0/s1. The van der Waals surface area contributed by atoms with Crippen molar-refractivity contribution in [2.24, 2.45) is 11.8 Å². The Balaban J connectivity index is 4.66. The van der Waals surface area contributed by atoms with E-state index in [2.05, 4.69) is 57.6 Å². The van der Waals surface area contributed by atoms with E-state index in [-0.39, 0.29) is 6.10 Å². The van der Waals surface area contributed by atoms with Gasteiger partial charge >= 0.3 is 0 Å². The first-order valence-electron chi connectivity index (χ1n) is 7.42. The third kappa shape index (κ3) is 6.80. The number of nitrogens with one attached hydrogen (secondary N) is 2. The molecule has 0 aromatic rings. The quantitative estimate of drug-likeness (QED) is 0.601. The van der Waals surface area contributed by atoms with Crippen molar-refractivity contribution in [2.75, 3.05) is 13.7 Å². The van der Waals surface area contributed by atoms with Crippen LogP contribution in [-0.4, -0.2) is 25.8 Å². The zero-order valence-corrected chi connectivity index (χ0v) is 14.0. The fraction of sp³-hybridized carbons (Fsp3) is 0.647. The van der Waals surface area contributed by atoms with Crippen LogP contribution in [-0.2, 0) is 4.74 Å². The van der Waals surface area contributed by atoms with Crippen LogP contribution in [0.15, 0.2) is 36.7 Å². The normalized spacial score (nSPS) is 15.9. The van der Waals surface area contributed by atoms with E-state index < -0.39 is 0 Å². The van der Waals surface area contributed by atoms with Crippen LogP contribution in [0.25, 0.3) is 0 Å². The number of likely N-dealkylation sites (N-methyl/N-ethyl adjacent to an activating group) is 1. The number of hydrogen-bond donors (Lipinski definition) is 2. The molecule has 0 aliphatic carbocycles. The van der Waals surface area contributed by atoms with E-state index in [1.165, 1.54) is 0 Å². The van der Waals surface area contributed by atoms with Crippen LogP contribution in [0, 0.1) is 11.8 Å². The number of rotatable bonds is 10. The summed E-state index contributed by atoms with van der Waals surface area (Å²) in [7, 11) is 1.70. The highest BCUT2D eigenvalue weighted by molar-refractivity contribution is 5.14. The predicted molar refractivity (Wildman–Crippen MR) is 88.5 cm³/mol. The maximum atomic E-state index is 5.30. The van der Waals surface area contributed by atoms with Crippen LogP contribution in [0.2, 0.25) is 0 Å². The lowest BCUT2D eigenvalue weighted by Gasteiger charge is -2.30. The summed E-state index contributed by atoms with van der Waals surface area (Å²) in [6.45, 7) is 19.6. The second kappa shape index (κ2) is 9.65. The molecule has 0 amide bonds. The molecule has 0 aliphatic heterocycles. The third-order valence-corrected chi connectivity index (χ3v) is 3.49. The summed E-state index contributed by atoms with van der Waals surface area (Å²) in [5.74, 6) is 0.883. The summed E-state index contributed by atoms with van der Waals surface area (Å²) in [5.41, 5.74) is 1.88. The van der Waals surface area contributed by atoms with E-state index in [0.29, 0.717) is 17.9 Å². The van der Waals surface area contributed by atoms with E-state index >= 15 is 0 Å². The van der Waals surface area contributed by atoms with Crippen LogP contribution >= 0.6 is 0 Å². The van der Waals surface area contributed by atoms with Gasteiger partial charge in [0.2, 0.25) is 0 Å². The van der Waals surface area contributed by atoms with Gasteiger partial charge in [0.25, 0.3) is 0 Å². The smallest absolute Gasteiger partial charge is 0.0931 e. The van der Waals surface area contributed by atoms with Gasteiger partial charge in [0.05, 0.1) is 6.10 Å². The number of allylic oxidation sites excluding steroid dienone is 1. The second-order valence-electron chi connectivity index (χ2n) is 5.59. The van der Waals surface area contributed by atoms with Gasteiger partial charge in [-0.2, -0.15) is 0 Å². The molecule has 1 unspecified atom stereocenters. The molecule has 3 nitrogen and oxygen atoms in total. The minimum absolute atomic E-state index is 0.0177. The molecule has 0 heterocycles. The van der Waals surface area contributed by atoms with Crippen molar-refractivity contribution in [1.29, 1.82) is 0 Å². The zero-order valence-electron chi connectivity index (χ0n) is 14.0. The lowest BCUT2D eigenvalue weighted by molar-refractivity contribution is 0.136. The molecule has 0 saturated carbocycles. The SMILES string of the molecule is C=C(/C=C\C(C)[C@H](NC(=C)[C@H](C)OC)C(C)C)NCC. The molecule has 3 heteroatoms. The number of ether oxygens (including phenoxy) is 1. The maximum Gasteiger partial charge on any atom is 0.0931 e. The van der Waals surface area contributed by atoms with E-state index in [1.807, 2.05) is 13.0 Å². The van der Waals surface area contributed by atoms with Gasteiger partial charge in [0.15, 0.2) is 0 Å². The molecule has 0 aromatic carbocycles. The summed E-state index contributed by atoms with van der Waals surface area (Å²) >= 11 is 0. The Morgan fingerprint density at radius 3 is 2.25 bits per heavy atom. The van der Waals surface area contributed by atoms with Crippen molar-refractivity contribution in [2.45, 2.75) is 46.8 Å². The fourth-order valence-electron chi connectivity index (χ4n) is 2.05. The van der Waals surface area contributed by atoms with Crippen LogP contribution in [0.5, 0.6) is 0 Å². The third-order valence-electron chi connectivity index (χ3n) is 3.49. The minimum atomic E-state index is 0.0177. The van der Waals surface area contributed by atoms with Crippen molar-refractivity contribution in [1.82, 2.24) is 10.6 Å². The zero-order chi connectivity index (χ0) is 15.7. The Kier molecular flexibility index (Phi) is 9.06. The maximum absolute atomic E-state index is 5.30. The molecular weight excluding hydrogens is 248 g/mol. The Hall–Kier alpha value is -1.22. The Morgan fingerprint density at radius 1 is 1.20 bits per heavy atom. The first-order valence-corrected chi connectivity index (χ1v) is 7.42. The molecule has 0 aliphatic rings. The lowest BCUT2D eigenvalue weighted by atomic mass is 9.90. The summed E-state index contributed by atoms with van der Waals surface area (Å²) in [4.78, 5) is 0. The largest absolute Gasteiger partial charge is 0.386 e. The molecule has 3 atom stereocenters. The van der Waals surface area contributed by atoms with Gasteiger partial charge in [-0.05, 0) is 31.8 Å². The van der Waals surface area contributed by atoms with Crippen molar-refractivity contribution in [3.05, 3.63) is 36.7 Å². The van der Waals surface area contributed by atoms with Crippen LogP contribution in [0.1, 0.15) is 34.6 Å². The van der Waals surface area contributed by atoms with Crippen LogP contribution in [0.3, 0.4) is 0 Å². The van der Waals surface area contributed by atoms with Crippen molar-refractivity contribution in [3.63, 3.8) is 0 Å². The van der Waals surface area contributed by atoms with Gasteiger partial charge in [-0.3, -0.25) is 0 Å². The van der Waals surface area contributed by atoms with E-state index in [1.54, 1.807) is 7.11 Å². The molecular formula is C17H32N2O. The molecule has 0 radical (unpaired) electrons. The fourth-order valence-corrected chi connectivity index (χ4v) is 2.05. The molecule has 2 N–H and O–H groups in total. The monoisotopic (exact) mass is 280 g/mol. The summed E-state index contributed by atoms with van der Waals surface area (Å²) in [6.07, 6.45) is 4.25. The van der Waals surface area contributed by atoms with Gasteiger partial charge in [-0.25, -0.2) is 0 Å². The van der Waals surface area contributed by atoms with Gasteiger partial charge in [0, 0.05) is 31.1 Å². The van der Waals surface area contributed by atoms with Crippen molar-refractivity contribution >= 4 is 0 Å².